The van der Waals surface area contributed by atoms with Gasteiger partial charge in [0.25, 0.3) is 0 Å². The number of rotatable bonds is 3. The minimum atomic E-state index is -0.211. The zero-order valence-corrected chi connectivity index (χ0v) is 16.6. The van der Waals surface area contributed by atoms with Gasteiger partial charge in [-0.2, -0.15) is 0 Å². The minimum absolute atomic E-state index is 0.0784. The van der Waals surface area contributed by atoms with E-state index in [0.29, 0.717) is 5.92 Å². The highest BCUT2D eigenvalue weighted by Crippen LogP contribution is 2.41. The molecule has 4 heteroatoms. The third kappa shape index (κ3) is 3.19. The van der Waals surface area contributed by atoms with Crippen LogP contribution in [-0.2, 0) is 0 Å². The number of fused-ring (bicyclic) bond motifs is 3. The number of hydrogen-bond acceptors (Lipinski definition) is 2. The second kappa shape index (κ2) is 7.03. The topological polar surface area (TPSA) is 29.9 Å². The second-order valence-corrected chi connectivity index (χ2v) is 8.12. The number of imidazole rings is 1. The molecule has 2 unspecified atom stereocenters. The number of nitrogens with zero attached hydrogens (tertiary/aromatic N) is 2. The van der Waals surface area contributed by atoms with Crippen LogP contribution in [0.3, 0.4) is 0 Å². The van der Waals surface area contributed by atoms with Gasteiger partial charge in [-0.25, -0.2) is 9.37 Å². The third-order valence-corrected chi connectivity index (χ3v) is 5.93. The molecule has 2 heterocycles. The maximum absolute atomic E-state index is 13.4. The highest BCUT2D eigenvalue weighted by Gasteiger charge is 2.31. The van der Waals surface area contributed by atoms with Crippen molar-refractivity contribution in [3.8, 4) is 0 Å². The van der Waals surface area contributed by atoms with E-state index >= 15 is 0 Å². The number of aromatic nitrogens is 2. The van der Waals surface area contributed by atoms with Gasteiger partial charge < -0.3 is 9.88 Å². The summed E-state index contributed by atoms with van der Waals surface area (Å²) in [6.07, 6.45) is 0.875. The Kier molecular flexibility index (Phi) is 4.35. The summed E-state index contributed by atoms with van der Waals surface area (Å²) in [5.74, 6) is 1.16. The molecule has 0 bridgehead atoms. The molecular weight excluding hydrogens is 361 g/mol. The Morgan fingerprint density at radius 2 is 1.62 bits per heavy atom. The van der Waals surface area contributed by atoms with Crippen molar-refractivity contribution in [2.75, 3.05) is 5.32 Å². The van der Waals surface area contributed by atoms with Gasteiger partial charge in [0.1, 0.15) is 5.82 Å². The lowest BCUT2D eigenvalue weighted by molar-refractivity contribution is 0.477. The zero-order valence-electron chi connectivity index (χ0n) is 16.6. The molecule has 3 nitrogen and oxygen atoms in total. The maximum Gasteiger partial charge on any atom is 0.204 e. The SMILES string of the molecule is CC(C)c1ccc(C2CC(c3ccc(F)cc3)Nc3nc4ccccc4n32)cc1. The van der Waals surface area contributed by atoms with Gasteiger partial charge in [0.2, 0.25) is 5.95 Å². The van der Waals surface area contributed by atoms with Crippen LogP contribution in [0.25, 0.3) is 11.0 Å². The van der Waals surface area contributed by atoms with Crippen molar-refractivity contribution < 1.29 is 4.39 Å². The van der Waals surface area contributed by atoms with Crippen LogP contribution in [0.2, 0.25) is 0 Å². The number of anilines is 1. The number of halogens is 1. The van der Waals surface area contributed by atoms with Crippen molar-refractivity contribution in [2.24, 2.45) is 0 Å². The predicted molar refractivity (Wildman–Crippen MR) is 116 cm³/mol. The molecule has 4 aromatic rings. The van der Waals surface area contributed by atoms with Gasteiger partial charge in [-0.05, 0) is 53.3 Å². The molecule has 2 atom stereocenters. The van der Waals surface area contributed by atoms with Crippen LogP contribution in [0.4, 0.5) is 10.3 Å². The van der Waals surface area contributed by atoms with E-state index in [1.165, 1.54) is 23.3 Å². The van der Waals surface area contributed by atoms with Crippen LogP contribution >= 0.6 is 0 Å². The van der Waals surface area contributed by atoms with E-state index in [2.05, 4.69) is 60.1 Å². The maximum atomic E-state index is 13.4. The third-order valence-electron chi connectivity index (χ3n) is 5.93. The Morgan fingerprint density at radius 3 is 2.34 bits per heavy atom. The molecule has 146 valence electrons. The first-order chi connectivity index (χ1) is 14.1. The molecule has 1 N–H and O–H groups in total. The van der Waals surface area contributed by atoms with Crippen LogP contribution in [0, 0.1) is 5.82 Å². The van der Waals surface area contributed by atoms with Gasteiger partial charge in [0.05, 0.1) is 23.1 Å². The number of nitrogens with one attached hydrogen (secondary N) is 1. The fourth-order valence-corrected chi connectivity index (χ4v) is 4.31. The smallest absolute Gasteiger partial charge is 0.204 e. The molecule has 29 heavy (non-hydrogen) atoms. The van der Waals surface area contributed by atoms with Gasteiger partial charge in [-0.3, -0.25) is 0 Å². The molecule has 1 aliphatic heterocycles. The summed E-state index contributed by atoms with van der Waals surface area (Å²) < 4.78 is 15.7. The summed E-state index contributed by atoms with van der Waals surface area (Å²) in [5.41, 5.74) is 5.80. The van der Waals surface area contributed by atoms with Crippen molar-refractivity contribution in [1.29, 1.82) is 0 Å². The Morgan fingerprint density at radius 1 is 0.931 bits per heavy atom. The summed E-state index contributed by atoms with van der Waals surface area (Å²) in [4.78, 5) is 4.85. The first kappa shape index (κ1) is 17.9. The second-order valence-electron chi connectivity index (χ2n) is 8.12. The fourth-order valence-electron chi connectivity index (χ4n) is 4.31. The van der Waals surface area contributed by atoms with Crippen LogP contribution in [0.5, 0.6) is 0 Å². The lowest BCUT2D eigenvalue weighted by atomic mass is 9.91. The monoisotopic (exact) mass is 385 g/mol. The summed E-state index contributed by atoms with van der Waals surface area (Å²) >= 11 is 0. The molecule has 1 aromatic heterocycles. The van der Waals surface area contributed by atoms with E-state index in [4.69, 9.17) is 4.98 Å². The Bertz CT molecular complexity index is 1140. The Hall–Kier alpha value is -3.14. The van der Waals surface area contributed by atoms with Gasteiger partial charge in [0.15, 0.2) is 0 Å². The molecule has 0 amide bonds. The highest BCUT2D eigenvalue weighted by atomic mass is 19.1. The van der Waals surface area contributed by atoms with Gasteiger partial charge in [0, 0.05) is 0 Å². The first-order valence-electron chi connectivity index (χ1n) is 10.2. The van der Waals surface area contributed by atoms with E-state index in [-0.39, 0.29) is 17.9 Å². The molecule has 0 fully saturated rings. The summed E-state index contributed by atoms with van der Waals surface area (Å²) in [5, 5.41) is 3.58. The van der Waals surface area contributed by atoms with Gasteiger partial charge >= 0.3 is 0 Å². The number of hydrogen-bond donors (Lipinski definition) is 1. The van der Waals surface area contributed by atoms with Crippen molar-refractivity contribution in [3.05, 3.63) is 95.3 Å². The number of benzene rings is 3. The average Bonchev–Trinajstić information content (AvgIpc) is 3.12. The van der Waals surface area contributed by atoms with E-state index in [1.807, 2.05) is 24.3 Å². The Balaban J connectivity index is 1.62. The van der Waals surface area contributed by atoms with Crippen LogP contribution < -0.4 is 5.32 Å². The molecular formula is C25H24FN3. The molecule has 1 aliphatic rings. The number of para-hydroxylation sites is 2. The van der Waals surface area contributed by atoms with Gasteiger partial charge in [-0.1, -0.05) is 62.4 Å². The Labute approximate surface area is 170 Å². The molecule has 0 aliphatic carbocycles. The summed E-state index contributed by atoms with van der Waals surface area (Å²) in [7, 11) is 0. The van der Waals surface area contributed by atoms with Crippen molar-refractivity contribution >= 4 is 17.0 Å². The minimum Gasteiger partial charge on any atom is -0.349 e. The molecule has 5 rings (SSSR count). The van der Waals surface area contributed by atoms with E-state index in [1.54, 1.807) is 0 Å². The van der Waals surface area contributed by atoms with Crippen LogP contribution in [-0.4, -0.2) is 9.55 Å². The lowest BCUT2D eigenvalue weighted by Crippen LogP contribution is -2.27. The standard InChI is InChI=1S/C25H24FN3/c1-16(2)17-7-9-19(10-8-17)24-15-22(18-11-13-20(26)14-12-18)28-25-27-21-5-3-4-6-23(21)29(24)25/h3-14,16,22,24H,15H2,1-2H3,(H,27,28). The van der Waals surface area contributed by atoms with Crippen molar-refractivity contribution in [2.45, 2.75) is 38.3 Å². The average molecular weight is 385 g/mol. The molecule has 0 saturated carbocycles. The molecule has 3 aromatic carbocycles. The van der Waals surface area contributed by atoms with E-state index in [0.717, 1.165) is 29.0 Å². The molecule has 0 saturated heterocycles. The quantitative estimate of drug-likeness (QED) is 0.439. The summed E-state index contributed by atoms with van der Waals surface area (Å²) in [6.45, 7) is 4.43. The highest BCUT2D eigenvalue weighted by molar-refractivity contribution is 5.79. The van der Waals surface area contributed by atoms with Crippen LogP contribution in [0.1, 0.15) is 55.0 Å². The van der Waals surface area contributed by atoms with E-state index in [9.17, 15) is 4.39 Å². The van der Waals surface area contributed by atoms with Crippen molar-refractivity contribution in [1.82, 2.24) is 9.55 Å². The first-order valence-corrected chi connectivity index (χ1v) is 10.2. The largest absolute Gasteiger partial charge is 0.349 e. The van der Waals surface area contributed by atoms with E-state index < -0.39 is 0 Å². The fraction of sp³-hybridized carbons (Fsp3) is 0.240. The molecule has 0 spiro atoms. The summed E-state index contributed by atoms with van der Waals surface area (Å²) in [6, 6.07) is 24.2. The molecule has 0 radical (unpaired) electrons. The normalized spacial score (nSPS) is 18.6. The lowest BCUT2D eigenvalue weighted by Gasteiger charge is -2.33. The van der Waals surface area contributed by atoms with Crippen LogP contribution in [0.15, 0.2) is 72.8 Å². The zero-order chi connectivity index (χ0) is 20.0. The van der Waals surface area contributed by atoms with Crippen molar-refractivity contribution in [3.63, 3.8) is 0 Å². The van der Waals surface area contributed by atoms with Gasteiger partial charge in [-0.15, -0.1) is 0 Å². The predicted octanol–water partition coefficient (Wildman–Crippen LogP) is 6.45.